The average molecular weight is 393 g/mol. The molecule has 1 aliphatic carbocycles. The van der Waals surface area contributed by atoms with Gasteiger partial charge in [-0.05, 0) is 42.9 Å². The zero-order valence-corrected chi connectivity index (χ0v) is 16.3. The molecule has 2 heterocycles. The van der Waals surface area contributed by atoms with E-state index in [1.807, 2.05) is 11.5 Å². The SMILES string of the molecule is CCn1cnnc1C1CN(S(=O)(=O)Cc2ccc(F)cc2)CC12CCCC2. The van der Waals surface area contributed by atoms with Gasteiger partial charge in [0.1, 0.15) is 18.0 Å². The summed E-state index contributed by atoms with van der Waals surface area (Å²) < 4.78 is 43.0. The second-order valence-corrected chi connectivity index (χ2v) is 9.74. The highest BCUT2D eigenvalue weighted by Crippen LogP contribution is 2.53. The van der Waals surface area contributed by atoms with Gasteiger partial charge in [-0.25, -0.2) is 17.1 Å². The van der Waals surface area contributed by atoms with Gasteiger partial charge in [-0.1, -0.05) is 25.0 Å². The molecule has 1 saturated heterocycles. The molecule has 2 aromatic rings. The Kier molecular flexibility index (Phi) is 4.80. The average Bonchev–Trinajstić information content (AvgIpc) is 3.37. The van der Waals surface area contributed by atoms with Crippen molar-refractivity contribution < 1.29 is 12.8 Å². The Bertz CT molecular complexity index is 904. The number of benzene rings is 1. The molecule has 1 aromatic heterocycles. The molecule has 27 heavy (non-hydrogen) atoms. The molecular formula is C19H25FN4O2S. The number of sulfonamides is 1. The molecule has 4 rings (SSSR count). The van der Waals surface area contributed by atoms with Crippen molar-refractivity contribution in [1.82, 2.24) is 19.1 Å². The molecule has 146 valence electrons. The van der Waals surface area contributed by atoms with Crippen molar-refractivity contribution in [3.05, 3.63) is 47.8 Å². The number of aromatic nitrogens is 3. The molecule has 1 aromatic carbocycles. The lowest BCUT2D eigenvalue weighted by Gasteiger charge is -2.29. The summed E-state index contributed by atoms with van der Waals surface area (Å²) in [6.07, 6.45) is 6.03. The second-order valence-electron chi connectivity index (χ2n) is 7.77. The van der Waals surface area contributed by atoms with Gasteiger partial charge in [0.15, 0.2) is 0 Å². The molecule has 2 fully saturated rings. The molecule has 1 aliphatic heterocycles. The van der Waals surface area contributed by atoms with Crippen LogP contribution in [-0.2, 0) is 22.3 Å². The van der Waals surface area contributed by atoms with E-state index in [1.54, 1.807) is 22.8 Å². The van der Waals surface area contributed by atoms with Crippen molar-refractivity contribution in [2.45, 2.75) is 50.8 Å². The lowest BCUT2D eigenvalue weighted by atomic mass is 9.76. The molecule has 1 spiro atoms. The molecule has 2 aliphatic rings. The van der Waals surface area contributed by atoms with E-state index in [0.29, 0.717) is 18.7 Å². The predicted octanol–water partition coefficient (Wildman–Crippen LogP) is 2.93. The maximum atomic E-state index is 13.1. The summed E-state index contributed by atoms with van der Waals surface area (Å²) in [6.45, 7) is 3.81. The lowest BCUT2D eigenvalue weighted by Crippen LogP contribution is -2.32. The Morgan fingerprint density at radius 3 is 2.59 bits per heavy atom. The van der Waals surface area contributed by atoms with Crippen LogP contribution in [0.4, 0.5) is 4.39 Å². The summed E-state index contributed by atoms with van der Waals surface area (Å²) in [7, 11) is -3.48. The molecular weight excluding hydrogens is 367 g/mol. The van der Waals surface area contributed by atoms with Crippen LogP contribution in [0.3, 0.4) is 0 Å². The van der Waals surface area contributed by atoms with E-state index in [4.69, 9.17) is 0 Å². The first-order valence-electron chi connectivity index (χ1n) is 9.53. The highest BCUT2D eigenvalue weighted by molar-refractivity contribution is 7.88. The van der Waals surface area contributed by atoms with Gasteiger partial charge in [0.05, 0.1) is 5.75 Å². The fourth-order valence-electron chi connectivity index (χ4n) is 4.74. The van der Waals surface area contributed by atoms with Crippen LogP contribution in [0.5, 0.6) is 0 Å². The molecule has 1 saturated carbocycles. The van der Waals surface area contributed by atoms with E-state index in [2.05, 4.69) is 10.2 Å². The van der Waals surface area contributed by atoms with Crippen LogP contribution < -0.4 is 0 Å². The van der Waals surface area contributed by atoms with Gasteiger partial charge in [0.2, 0.25) is 10.0 Å². The molecule has 0 N–H and O–H groups in total. The summed E-state index contributed by atoms with van der Waals surface area (Å²) in [5, 5.41) is 8.41. The summed E-state index contributed by atoms with van der Waals surface area (Å²) in [5.74, 6) is 0.516. The van der Waals surface area contributed by atoms with Crippen LogP contribution in [0.15, 0.2) is 30.6 Å². The zero-order valence-electron chi connectivity index (χ0n) is 15.5. The molecule has 0 bridgehead atoms. The van der Waals surface area contributed by atoms with Crippen LogP contribution in [0.2, 0.25) is 0 Å². The smallest absolute Gasteiger partial charge is 0.218 e. The van der Waals surface area contributed by atoms with Crippen molar-refractivity contribution in [3.8, 4) is 0 Å². The van der Waals surface area contributed by atoms with E-state index in [9.17, 15) is 12.8 Å². The van der Waals surface area contributed by atoms with Gasteiger partial charge in [0, 0.05) is 25.6 Å². The van der Waals surface area contributed by atoms with E-state index in [0.717, 1.165) is 38.1 Å². The maximum absolute atomic E-state index is 13.1. The second kappa shape index (κ2) is 6.98. The van der Waals surface area contributed by atoms with Gasteiger partial charge >= 0.3 is 0 Å². The normalized spacial score (nSPS) is 22.7. The van der Waals surface area contributed by atoms with E-state index >= 15 is 0 Å². The number of rotatable bonds is 5. The minimum atomic E-state index is -3.48. The van der Waals surface area contributed by atoms with Crippen LogP contribution in [0.25, 0.3) is 0 Å². The van der Waals surface area contributed by atoms with Crippen molar-refractivity contribution in [1.29, 1.82) is 0 Å². The Balaban J connectivity index is 1.62. The lowest BCUT2D eigenvalue weighted by molar-refractivity contribution is 0.272. The zero-order chi connectivity index (χ0) is 19.1. The van der Waals surface area contributed by atoms with Crippen molar-refractivity contribution >= 4 is 10.0 Å². The first-order chi connectivity index (χ1) is 12.9. The number of halogens is 1. The van der Waals surface area contributed by atoms with Crippen LogP contribution in [0, 0.1) is 11.2 Å². The number of hydrogen-bond donors (Lipinski definition) is 0. The van der Waals surface area contributed by atoms with Crippen LogP contribution in [-0.4, -0.2) is 40.6 Å². The summed E-state index contributed by atoms with van der Waals surface area (Å²) in [4.78, 5) is 0. The first-order valence-corrected chi connectivity index (χ1v) is 11.1. The summed E-state index contributed by atoms with van der Waals surface area (Å²) in [5.41, 5.74) is 0.563. The number of aryl methyl sites for hydroxylation is 1. The minimum Gasteiger partial charge on any atom is -0.318 e. The van der Waals surface area contributed by atoms with Gasteiger partial charge < -0.3 is 4.57 Å². The Hall–Kier alpha value is -1.80. The molecule has 0 amide bonds. The van der Waals surface area contributed by atoms with Crippen molar-refractivity contribution in [3.63, 3.8) is 0 Å². The molecule has 1 atom stereocenters. The summed E-state index contributed by atoms with van der Waals surface area (Å²) in [6, 6.07) is 5.69. The first kappa shape index (κ1) is 18.6. The Labute approximate surface area is 159 Å². The fourth-order valence-corrected chi connectivity index (χ4v) is 6.36. The van der Waals surface area contributed by atoms with Gasteiger partial charge in [-0.15, -0.1) is 10.2 Å². The van der Waals surface area contributed by atoms with Crippen LogP contribution in [0.1, 0.15) is 49.9 Å². The largest absolute Gasteiger partial charge is 0.318 e. The van der Waals surface area contributed by atoms with Gasteiger partial charge in [-0.3, -0.25) is 0 Å². The van der Waals surface area contributed by atoms with Gasteiger partial charge in [0.25, 0.3) is 0 Å². The third kappa shape index (κ3) is 3.40. The molecule has 0 radical (unpaired) electrons. The van der Waals surface area contributed by atoms with Crippen molar-refractivity contribution in [2.75, 3.05) is 13.1 Å². The molecule has 1 unspecified atom stereocenters. The van der Waals surface area contributed by atoms with E-state index in [-0.39, 0.29) is 22.9 Å². The standard InChI is InChI=1S/C19H25FN4O2S/c1-2-23-14-21-22-18(23)17-11-24(13-19(17)9-3-4-10-19)27(25,26)12-15-5-7-16(20)8-6-15/h5-8,14,17H,2-4,9-13H2,1H3. The fraction of sp³-hybridized carbons (Fsp3) is 0.579. The Morgan fingerprint density at radius 2 is 1.93 bits per heavy atom. The predicted molar refractivity (Wildman–Crippen MR) is 99.9 cm³/mol. The van der Waals surface area contributed by atoms with Gasteiger partial charge in [-0.2, -0.15) is 0 Å². The van der Waals surface area contributed by atoms with Crippen molar-refractivity contribution in [2.24, 2.45) is 5.41 Å². The molecule has 6 nitrogen and oxygen atoms in total. The molecule has 8 heteroatoms. The Morgan fingerprint density at radius 1 is 1.22 bits per heavy atom. The summed E-state index contributed by atoms with van der Waals surface area (Å²) >= 11 is 0. The topological polar surface area (TPSA) is 68.1 Å². The number of hydrogen-bond acceptors (Lipinski definition) is 4. The van der Waals surface area contributed by atoms with E-state index in [1.165, 1.54) is 12.1 Å². The number of nitrogens with zero attached hydrogens (tertiary/aromatic N) is 4. The maximum Gasteiger partial charge on any atom is 0.218 e. The highest BCUT2D eigenvalue weighted by atomic mass is 32.2. The monoisotopic (exact) mass is 392 g/mol. The minimum absolute atomic E-state index is 0.0458. The highest BCUT2D eigenvalue weighted by Gasteiger charge is 2.52. The third-order valence-corrected chi connectivity index (χ3v) is 7.93. The third-order valence-electron chi connectivity index (χ3n) is 6.17. The van der Waals surface area contributed by atoms with E-state index < -0.39 is 10.0 Å². The van der Waals surface area contributed by atoms with Crippen LogP contribution >= 0.6 is 0 Å². The quantitative estimate of drug-likeness (QED) is 0.785.